The predicted molar refractivity (Wildman–Crippen MR) is 100 cm³/mol. The molecular formula is C18H26N2O6S. The predicted octanol–water partition coefficient (Wildman–Crippen LogP) is 2.15. The summed E-state index contributed by atoms with van der Waals surface area (Å²) in [6, 6.07) is 5.92. The van der Waals surface area contributed by atoms with Crippen molar-refractivity contribution < 1.29 is 26.9 Å². The van der Waals surface area contributed by atoms with Crippen molar-refractivity contribution in [3.63, 3.8) is 0 Å². The van der Waals surface area contributed by atoms with Crippen LogP contribution >= 0.6 is 0 Å². The van der Waals surface area contributed by atoms with Gasteiger partial charge in [0.15, 0.2) is 0 Å². The van der Waals surface area contributed by atoms with Crippen LogP contribution in [0.15, 0.2) is 24.3 Å². The molecule has 9 heteroatoms. The molecule has 1 heterocycles. The first-order valence-corrected chi connectivity index (χ1v) is 10.5. The van der Waals surface area contributed by atoms with Crippen molar-refractivity contribution in [2.75, 3.05) is 19.3 Å². The minimum Gasteiger partial charge on any atom is -0.444 e. The Morgan fingerprint density at radius 2 is 1.81 bits per heavy atom. The van der Waals surface area contributed by atoms with Gasteiger partial charge in [0, 0.05) is 24.7 Å². The van der Waals surface area contributed by atoms with Gasteiger partial charge in [-0.2, -0.15) is 8.42 Å². The highest BCUT2D eigenvalue weighted by Gasteiger charge is 2.27. The number of amides is 2. The molecule has 150 valence electrons. The van der Waals surface area contributed by atoms with Crippen LogP contribution in [0.5, 0.6) is 5.75 Å². The number of nitrogens with zero attached hydrogens (tertiary/aromatic N) is 1. The van der Waals surface area contributed by atoms with Crippen LogP contribution < -0.4 is 9.50 Å². The second-order valence-electron chi connectivity index (χ2n) is 7.53. The Balaban J connectivity index is 1.89. The lowest BCUT2D eigenvalue weighted by atomic mass is 10.0. The van der Waals surface area contributed by atoms with Gasteiger partial charge in [0.25, 0.3) is 5.91 Å². The number of likely N-dealkylation sites (tertiary alicyclic amines) is 1. The number of carbonyl (C=O) groups is 2. The maximum absolute atomic E-state index is 12.4. The van der Waals surface area contributed by atoms with Crippen LogP contribution in [-0.2, 0) is 14.9 Å². The minimum atomic E-state index is -3.66. The van der Waals surface area contributed by atoms with E-state index in [1.165, 1.54) is 12.1 Å². The second kappa shape index (κ2) is 8.16. The van der Waals surface area contributed by atoms with E-state index in [0.29, 0.717) is 31.5 Å². The Kier molecular flexibility index (Phi) is 6.35. The van der Waals surface area contributed by atoms with Crippen LogP contribution in [-0.4, -0.2) is 56.3 Å². The summed E-state index contributed by atoms with van der Waals surface area (Å²) >= 11 is 0. The molecule has 27 heavy (non-hydrogen) atoms. The van der Waals surface area contributed by atoms with Crippen LogP contribution in [0.1, 0.15) is 44.0 Å². The Bertz CT molecular complexity index is 792. The van der Waals surface area contributed by atoms with Gasteiger partial charge in [-0.1, -0.05) is 6.07 Å². The molecule has 1 aromatic carbocycles. The third-order valence-corrected chi connectivity index (χ3v) is 4.32. The fourth-order valence-electron chi connectivity index (χ4n) is 2.67. The fourth-order valence-corrected chi connectivity index (χ4v) is 3.12. The monoisotopic (exact) mass is 398 g/mol. The summed E-state index contributed by atoms with van der Waals surface area (Å²) in [4.78, 5) is 26.1. The zero-order chi connectivity index (χ0) is 20.2. The molecule has 1 aliphatic heterocycles. The minimum absolute atomic E-state index is 0.0735. The molecule has 0 unspecified atom stereocenters. The summed E-state index contributed by atoms with van der Waals surface area (Å²) in [6.07, 6.45) is 1.82. The van der Waals surface area contributed by atoms with Gasteiger partial charge in [0.2, 0.25) is 0 Å². The number of piperidine rings is 1. The number of nitrogens with one attached hydrogen (secondary N) is 1. The molecular weight excluding hydrogens is 372 g/mol. The Labute approximate surface area is 159 Å². The van der Waals surface area contributed by atoms with E-state index in [9.17, 15) is 18.0 Å². The van der Waals surface area contributed by atoms with Crippen LogP contribution in [0.4, 0.5) is 4.79 Å². The van der Waals surface area contributed by atoms with Crippen LogP contribution in [0.2, 0.25) is 0 Å². The Hall–Kier alpha value is -2.29. The first kappa shape index (κ1) is 21.0. The lowest BCUT2D eigenvalue weighted by molar-refractivity contribution is 0.0199. The third kappa shape index (κ3) is 7.09. The Morgan fingerprint density at radius 3 is 2.37 bits per heavy atom. The van der Waals surface area contributed by atoms with Crippen LogP contribution in [0.25, 0.3) is 0 Å². The molecule has 0 bridgehead atoms. The van der Waals surface area contributed by atoms with E-state index in [1.807, 2.05) is 20.8 Å². The summed E-state index contributed by atoms with van der Waals surface area (Å²) in [6.45, 7) is 6.45. The fraction of sp³-hybridized carbons (Fsp3) is 0.556. The number of hydrogen-bond donors (Lipinski definition) is 1. The quantitative estimate of drug-likeness (QED) is 0.780. The van der Waals surface area contributed by atoms with E-state index < -0.39 is 15.7 Å². The highest BCUT2D eigenvalue weighted by atomic mass is 32.2. The molecule has 2 rings (SSSR count). The summed E-state index contributed by atoms with van der Waals surface area (Å²) in [7, 11) is -3.66. The normalized spacial score (nSPS) is 15.9. The number of hydrogen-bond acceptors (Lipinski definition) is 6. The van der Waals surface area contributed by atoms with Crippen molar-refractivity contribution in [3.8, 4) is 5.75 Å². The van der Waals surface area contributed by atoms with E-state index in [4.69, 9.17) is 8.92 Å². The zero-order valence-corrected chi connectivity index (χ0v) is 16.8. The number of benzene rings is 1. The van der Waals surface area contributed by atoms with Crippen molar-refractivity contribution in [2.24, 2.45) is 0 Å². The van der Waals surface area contributed by atoms with Crippen molar-refractivity contribution in [3.05, 3.63) is 29.8 Å². The van der Waals surface area contributed by atoms with E-state index in [0.717, 1.165) is 6.26 Å². The van der Waals surface area contributed by atoms with E-state index in [1.54, 1.807) is 17.0 Å². The molecule has 1 aromatic rings. The number of ether oxygens (including phenoxy) is 1. The molecule has 8 nitrogen and oxygen atoms in total. The summed E-state index contributed by atoms with van der Waals surface area (Å²) < 4.78 is 32.6. The smallest absolute Gasteiger partial charge is 0.410 e. The molecule has 1 fully saturated rings. The molecule has 0 aliphatic carbocycles. The summed E-state index contributed by atoms with van der Waals surface area (Å²) in [5, 5.41) is 2.91. The standard InChI is InChI=1S/C18H26N2O6S/c1-18(2,3)25-17(22)20-10-8-14(9-11-20)19-16(21)13-6-5-7-15(12-13)26-27(4,23)24/h5-7,12,14H,8-11H2,1-4H3,(H,19,21). The van der Waals surface area contributed by atoms with E-state index in [-0.39, 0.29) is 23.8 Å². The van der Waals surface area contributed by atoms with Crippen molar-refractivity contribution in [1.82, 2.24) is 10.2 Å². The highest BCUT2D eigenvalue weighted by molar-refractivity contribution is 7.86. The molecule has 1 aliphatic rings. The van der Waals surface area contributed by atoms with Crippen molar-refractivity contribution in [1.29, 1.82) is 0 Å². The molecule has 0 aromatic heterocycles. The molecule has 1 saturated heterocycles. The first-order chi connectivity index (χ1) is 12.4. The van der Waals surface area contributed by atoms with Gasteiger partial charge < -0.3 is 19.1 Å². The maximum Gasteiger partial charge on any atom is 0.410 e. The molecule has 2 amide bonds. The largest absolute Gasteiger partial charge is 0.444 e. The van der Waals surface area contributed by atoms with Gasteiger partial charge in [-0.25, -0.2) is 4.79 Å². The lowest BCUT2D eigenvalue weighted by Gasteiger charge is -2.33. The zero-order valence-electron chi connectivity index (χ0n) is 16.0. The molecule has 0 saturated carbocycles. The van der Waals surface area contributed by atoms with Gasteiger partial charge in [0.1, 0.15) is 11.4 Å². The van der Waals surface area contributed by atoms with Crippen molar-refractivity contribution in [2.45, 2.75) is 45.3 Å². The van der Waals surface area contributed by atoms with Crippen LogP contribution in [0, 0.1) is 0 Å². The highest BCUT2D eigenvalue weighted by Crippen LogP contribution is 2.18. The second-order valence-corrected chi connectivity index (χ2v) is 9.11. The third-order valence-electron chi connectivity index (χ3n) is 3.83. The van der Waals surface area contributed by atoms with Gasteiger partial charge in [-0.3, -0.25) is 4.79 Å². The maximum atomic E-state index is 12.4. The van der Waals surface area contributed by atoms with Gasteiger partial charge >= 0.3 is 16.2 Å². The van der Waals surface area contributed by atoms with E-state index >= 15 is 0 Å². The lowest BCUT2D eigenvalue weighted by Crippen LogP contribution is -2.47. The average Bonchev–Trinajstić information content (AvgIpc) is 2.52. The molecule has 0 atom stereocenters. The van der Waals surface area contributed by atoms with Crippen LogP contribution in [0.3, 0.4) is 0 Å². The van der Waals surface area contributed by atoms with Gasteiger partial charge in [-0.15, -0.1) is 0 Å². The number of rotatable bonds is 4. The number of carbonyl (C=O) groups excluding carboxylic acids is 2. The van der Waals surface area contributed by atoms with E-state index in [2.05, 4.69) is 5.32 Å². The summed E-state index contributed by atoms with van der Waals surface area (Å²) in [5.41, 5.74) is -0.230. The molecule has 0 radical (unpaired) electrons. The Morgan fingerprint density at radius 1 is 1.19 bits per heavy atom. The molecule has 0 spiro atoms. The SMILES string of the molecule is CC(C)(C)OC(=O)N1CCC(NC(=O)c2cccc(OS(C)(=O)=O)c2)CC1. The molecule has 1 N–H and O–H groups in total. The van der Waals surface area contributed by atoms with Gasteiger partial charge in [0.05, 0.1) is 6.26 Å². The topological polar surface area (TPSA) is 102 Å². The van der Waals surface area contributed by atoms with Crippen molar-refractivity contribution >= 4 is 22.1 Å². The summed E-state index contributed by atoms with van der Waals surface area (Å²) in [5.74, 6) is -0.227. The van der Waals surface area contributed by atoms with Gasteiger partial charge in [-0.05, 0) is 51.8 Å². The first-order valence-electron chi connectivity index (χ1n) is 8.71. The average molecular weight is 398 g/mol.